The second kappa shape index (κ2) is 7.51. The summed E-state index contributed by atoms with van der Waals surface area (Å²) in [6.07, 6.45) is 13.7. The molecule has 3 rings (SSSR count). The van der Waals surface area contributed by atoms with Gasteiger partial charge in [-0.05, 0) is 89.7 Å². The lowest BCUT2D eigenvalue weighted by Gasteiger charge is -2.11. The van der Waals surface area contributed by atoms with Crippen molar-refractivity contribution in [2.75, 3.05) is 0 Å². The maximum atomic E-state index is 4.12. The minimum atomic E-state index is 1.16. The Bertz CT molecular complexity index is 805. The van der Waals surface area contributed by atoms with Crippen LogP contribution in [0.2, 0.25) is 0 Å². The Morgan fingerprint density at radius 2 is 1.21 bits per heavy atom. The molecule has 0 bridgehead atoms. The summed E-state index contributed by atoms with van der Waals surface area (Å²) < 4.78 is 0. The van der Waals surface area contributed by atoms with E-state index in [1.807, 2.05) is 56.0 Å². The quantitative estimate of drug-likeness (QED) is 0.570. The summed E-state index contributed by atoms with van der Waals surface area (Å²) in [4.78, 5) is 8.25. The Hall–Kier alpha value is -3.00. The molecule has 118 valence electrons. The lowest BCUT2D eigenvalue weighted by Crippen LogP contribution is -1.88. The van der Waals surface area contributed by atoms with Gasteiger partial charge in [-0.2, -0.15) is 0 Å². The molecule has 0 saturated heterocycles. The lowest BCUT2D eigenvalue weighted by molar-refractivity contribution is 1.32. The Morgan fingerprint density at radius 3 is 1.62 bits per heavy atom. The standard InChI is InChI=1S/C22H20N2/c1-3-5-17(4-2)20-14-21(18-6-10-23-11-7-18)16-22(15-20)19-8-12-24-13-9-19/h3-16H,1-2H3/b5-3-,17-4+. The van der Waals surface area contributed by atoms with Gasteiger partial charge in [0.1, 0.15) is 0 Å². The van der Waals surface area contributed by atoms with Crippen LogP contribution in [0.25, 0.3) is 27.8 Å². The van der Waals surface area contributed by atoms with Crippen molar-refractivity contribution >= 4 is 5.57 Å². The molecule has 1 aromatic carbocycles. The van der Waals surface area contributed by atoms with Crippen LogP contribution >= 0.6 is 0 Å². The normalized spacial score (nSPS) is 11.8. The van der Waals surface area contributed by atoms with Gasteiger partial charge in [0, 0.05) is 24.8 Å². The third-order valence-electron chi connectivity index (χ3n) is 3.95. The first-order valence-corrected chi connectivity index (χ1v) is 8.07. The molecular formula is C22H20N2. The summed E-state index contributed by atoms with van der Waals surface area (Å²) in [7, 11) is 0. The van der Waals surface area contributed by atoms with Crippen LogP contribution in [0.15, 0.2) is 85.5 Å². The smallest absolute Gasteiger partial charge is 0.0273 e. The molecule has 0 aliphatic rings. The van der Waals surface area contributed by atoms with E-state index in [0.29, 0.717) is 0 Å². The Kier molecular flexibility index (Phi) is 4.97. The second-order valence-electron chi connectivity index (χ2n) is 5.51. The van der Waals surface area contributed by atoms with Crippen LogP contribution < -0.4 is 0 Å². The zero-order valence-electron chi connectivity index (χ0n) is 14.0. The lowest BCUT2D eigenvalue weighted by atomic mass is 9.93. The molecule has 0 N–H and O–H groups in total. The van der Waals surface area contributed by atoms with Gasteiger partial charge in [0.15, 0.2) is 0 Å². The Balaban J connectivity index is 2.20. The molecule has 2 aromatic heterocycles. The van der Waals surface area contributed by atoms with Crippen molar-refractivity contribution in [2.24, 2.45) is 0 Å². The number of aromatic nitrogens is 2. The van der Waals surface area contributed by atoms with Crippen LogP contribution in [0.3, 0.4) is 0 Å². The predicted molar refractivity (Wildman–Crippen MR) is 101 cm³/mol. The van der Waals surface area contributed by atoms with Crippen molar-refractivity contribution in [3.05, 3.63) is 91.0 Å². The summed E-state index contributed by atoms with van der Waals surface area (Å²) in [6, 6.07) is 14.9. The van der Waals surface area contributed by atoms with E-state index < -0.39 is 0 Å². The average molecular weight is 312 g/mol. The van der Waals surface area contributed by atoms with E-state index >= 15 is 0 Å². The van der Waals surface area contributed by atoms with Gasteiger partial charge in [-0.1, -0.05) is 18.2 Å². The molecule has 0 unspecified atom stereocenters. The zero-order valence-corrected chi connectivity index (χ0v) is 14.0. The molecule has 0 radical (unpaired) electrons. The molecule has 0 aliphatic carbocycles. The first-order chi connectivity index (χ1) is 11.8. The molecule has 0 fully saturated rings. The van der Waals surface area contributed by atoms with Gasteiger partial charge in [-0.15, -0.1) is 0 Å². The van der Waals surface area contributed by atoms with Crippen molar-refractivity contribution in [1.82, 2.24) is 9.97 Å². The molecule has 24 heavy (non-hydrogen) atoms. The molecule has 2 nitrogen and oxygen atoms in total. The number of hydrogen-bond donors (Lipinski definition) is 0. The van der Waals surface area contributed by atoms with Crippen LogP contribution in [0, 0.1) is 0 Å². The fourth-order valence-electron chi connectivity index (χ4n) is 2.75. The first kappa shape index (κ1) is 15.9. The van der Waals surface area contributed by atoms with Crippen molar-refractivity contribution in [3.63, 3.8) is 0 Å². The van der Waals surface area contributed by atoms with Gasteiger partial charge in [0.2, 0.25) is 0 Å². The van der Waals surface area contributed by atoms with Gasteiger partial charge in [-0.25, -0.2) is 0 Å². The van der Waals surface area contributed by atoms with Crippen molar-refractivity contribution in [3.8, 4) is 22.3 Å². The molecule has 0 spiro atoms. The summed E-state index contributed by atoms with van der Waals surface area (Å²) in [5, 5.41) is 0. The summed E-state index contributed by atoms with van der Waals surface area (Å²) >= 11 is 0. The summed E-state index contributed by atoms with van der Waals surface area (Å²) in [5.41, 5.74) is 7.12. The predicted octanol–water partition coefficient (Wildman–Crippen LogP) is 5.79. The van der Waals surface area contributed by atoms with Gasteiger partial charge >= 0.3 is 0 Å². The minimum Gasteiger partial charge on any atom is -0.265 e. The molecule has 0 aliphatic heterocycles. The number of rotatable bonds is 4. The fraction of sp³-hybridized carbons (Fsp3) is 0.0909. The molecule has 0 amide bonds. The number of allylic oxidation sites excluding steroid dienone is 4. The molecule has 2 heterocycles. The summed E-state index contributed by atoms with van der Waals surface area (Å²) in [6.45, 7) is 4.11. The first-order valence-electron chi connectivity index (χ1n) is 8.07. The third kappa shape index (κ3) is 3.49. The monoisotopic (exact) mass is 312 g/mol. The van der Waals surface area contributed by atoms with Crippen molar-refractivity contribution < 1.29 is 0 Å². The van der Waals surface area contributed by atoms with Crippen molar-refractivity contribution in [2.45, 2.75) is 13.8 Å². The molecule has 2 heteroatoms. The van der Waals surface area contributed by atoms with Gasteiger partial charge in [0.25, 0.3) is 0 Å². The van der Waals surface area contributed by atoms with E-state index in [1.54, 1.807) is 0 Å². The highest BCUT2D eigenvalue weighted by Crippen LogP contribution is 2.31. The Labute approximate surface area is 143 Å². The van der Waals surface area contributed by atoms with E-state index in [9.17, 15) is 0 Å². The third-order valence-corrected chi connectivity index (χ3v) is 3.95. The van der Waals surface area contributed by atoms with Gasteiger partial charge in [-0.3, -0.25) is 9.97 Å². The average Bonchev–Trinajstić information content (AvgIpc) is 2.67. The van der Waals surface area contributed by atoms with Gasteiger partial charge in [0.05, 0.1) is 0 Å². The highest BCUT2D eigenvalue weighted by atomic mass is 14.6. The van der Waals surface area contributed by atoms with E-state index in [0.717, 1.165) is 11.1 Å². The SMILES string of the molecule is C/C=C\C(=C/C)c1cc(-c2ccncc2)cc(-c2ccncc2)c1. The second-order valence-corrected chi connectivity index (χ2v) is 5.51. The number of nitrogens with zero attached hydrogens (tertiary/aromatic N) is 2. The molecule has 0 atom stereocenters. The van der Waals surface area contributed by atoms with Crippen LogP contribution in [0.1, 0.15) is 19.4 Å². The minimum absolute atomic E-state index is 1.16. The Morgan fingerprint density at radius 1 is 0.708 bits per heavy atom. The highest BCUT2D eigenvalue weighted by Gasteiger charge is 2.07. The number of benzene rings is 1. The van der Waals surface area contributed by atoms with Crippen LogP contribution in [0.4, 0.5) is 0 Å². The van der Waals surface area contributed by atoms with Gasteiger partial charge < -0.3 is 0 Å². The molecular weight excluding hydrogens is 292 g/mol. The van der Waals surface area contributed by atoms with E-state index in [4.69, 9.17) is 0 Å². The topological polar surface area (TPSA) is 25.8 Å². The van der Waals surface area contributed by atoms with Crippen LogP contribution in [-0.4, -0.2) is 9.97 Å². The van der Waals surface area contributed by atoms with Crippen LogP contribution in [0.5, 0.6) is 0 Å². The maximum absolute atomic E-state index is 4.12. The fourth-order valence-corrected chi connectivity index (χ4v) is 2.75. The maximum Gasteiger partial charge on any atom is 0.0273 e. The largest absolute Gasteiger partial charge is 0.265 e. The highest BCUT2D eigenvalue weighted by molar-refractivity contribution is 5.82. The molecule has 0 saturated carbocycles. The van der Waals surface area contributed by atoms with E-state index in [2.05, 4.69) is 53.3 Å². The molecule has 3 aromatic rings. The van der Waals surface area contributed by atoms with E-state index in [1.165, 1.54) is 22.3 Å². The number of hydrogen-bond acceptors (Lipinski definition) is 2. The van der Waals surface area contributed by atoms with E-state index in [-0.39, 0.29) is 0 Å². The van der Waals surface area contributed by atoms with Crippen molar-refractivity contribution in [1.29, 1.82) is 0 Å². The summed E-state index contributed by atoms with van der Waals surface area (Å²) in [5.74, 6) is 0. The number of pyridine rings is 2. The van der Waals surface area contributed by atoms with Crippen LogP contribution in [-0.2, 0) is 0 Å². The zero-order chi connectivity index (χ0) is 16.8.